The third kappa shape index (κ3) is 6.04. The molecule has 0 aliphatic heterocycles. The number of aromatic nitrogens is 3. The van der Waals surface area contributed by atoms with Gasteiger partial charge in [0.2, 0.25) is 0 Å². The molecule has 0 saturated heterocycles. The zero-order chi connectivity index (χ0) is 44.2. The molecule has 0 radical (unpaired) electrons. The van der Waals surface area contributed by atoms with E-state index in [4.69, 9.17) is 9.97 Å². The van der Waals surface area contributed by atoms with Gasteiger partial charge in [0.1, 0.15) is 11.0 Å². The number of benzene rings is 7. The van der Waals surface area contributed by atoms with Crippen molar-refractivity contribution in [1.29, 1.82) is 0 Å². The highest BCUT2D eigenvalue weighted by Gasteiger charge is 2.41. The average Bonchev–Trinajstić information content (AvgIpc) is 4.03. The van der Waals surface area contributed by atoms with E-state index in [-0.39, 0.29) is 5.41 Å². The summed E-state index contributed by atoms with van der Waals surface area (Å²) in [6, 6.07) is 75.0. The van der Waals surface area contributed by atoms with Crippen LogP contribution in [0.4, 0.5) is 0 Å². The molecule has 0 N–H and O–H groups in total. The summed E-state index contributed by atoms with van der Waals surface area (Å²) in [7, 11) is 0. The summed E-state index contributed by atoms with van der Waals surface area (Å²) in [6.45, 7) is 4.70. The number of thiophene rings is 1. The van der Waals surface area contributed by atoms with Crippen molar-refractivity contribution in [2.24, 2.45) is 0 Å². The summed E-state index contributed by atoms with van der Waals surface area (Å²) in [5.74, 6) is 0. The smallest absolute Gasteiger partial charge is 0.108 e. The van der Waals surface area contributed by atoms with Gasteiger partial charge < -0.3 is 4.57 Å². The Labute approximate surface area is 390 Å². The third-order valence-electron chi connectivity index (χ3n) is 14.3. The van der Waals surface area contributed by atoms with Gasteiger partial charge in [-0.05, 0) is 117 Å². The van der Waals surface area contributed by atoms with Crippen LogP contribution in [0.2, 0.25) is 0 Å². The van der Waals surface area contributed by atoms with E-state index >= 15 is 0 Å². The molecule has 0 saturated carbocycles. The summed E-state index contributed by atoms with van der Waals surface area (Å²) in [6.07, 6.45) is 10.1. The molecule has 4 heteroatoms. The Morgan fingerprint density at radius 1 is 0.561 bits per heavy atom. The van der Waals surface area contributed by atoms with E-state index in [0.717, 1.165) is 44.8 Å². The topological polar surface area (TPSA) is 30.7 Å². The van der Waals surface area contributed by atoms with Crippen molar-refractivity contribution in [3.63, 3.8) is 0 Å². The molecule has 0 spiro atoms. The second-order valence-electron chi connectivity index (χ2n) is 17.4. The molecule has 1 aliphatic carbocycles. The van der Waals surface area contributed by atoms with Gasteiger partial charge >= 0.3 is 0 Å². The Hall–Kier alpha value is -7.84. The summed E-state index contributed by atoms with van der Waals surface area (Å²) in [5.41, 5.74) is 17.4. The van der Waals surface area contributed by atoms with Crippen LogP contribution < -0.4 is 0 Å². The Bertz CT molecular complexity index is 3450. The number of hydrogen-bond acceptors (Lipinski definition) is 3. The molecule has 12 rings (SSSR count). The fourth-order valence-electron chi connectivity index (χ4n) is 11.2. The standard InChI is InChI=1S/C62H45N3S/c1-3-61(4-2)53-40-42(28-35-49(53)50-36-34-48(41-54(50)61)65-55-26-16-14-24-51(55)52-25-15-17-27-56(52)65)29-37-57-58-59(64-39-38-63-58)60(66-57)43-30-32-47(33-31-43)62(44-18-8-5-9-19-44,45-20-10-6-11-21-45)46-22-12-7-13-23-46/h5-6,8-12,14-41H,3-4H2,1-2H3. The third-order valence-corrected chi connectivity index (χ3v) is 15.5. The van der Waals surface area contributed by atoms with Crippen molar-refractivity contribution in [1.82, 2.24) is 14.5 Å². The SMILES string of the molecule is CCC1(CC)c2cc(C=Cc3sc(-c4ccc(C(c5cc#ccc5)(c5ccccc5)c5ccccc5)cc4)c4nccnc34)ccc2-c2ccc(-n3c4ccccc4c4ccccc43)cc21. The normalized spacial score (nSPS) is 13.1. The van der Waals surface area contributed by atoms with Gasteiger partial charge in [-0.2, -0.15) is 0 Å². The molecular formula is C62H45N3S. The first-order valence-electron chi connectivity index (χ1n) is 22.9. The fourth-order valence-corrected chi connectivity index (χ4v) is 12.3. The van der Waals surface area contributed by atoms with Gasteiger partial charge in [0.25, 0.3) is 0 Å². The molecule has 1 aliphatic rings. The predicted octanol–water partition coefficient (Wildman–Crippen LogP) is 15.7. The molecule has 0 unspecified atom stereocenters. The van der Waals surface area contributed by atoms with Crippen LogP contribution >= 0.6 is 11.3 Å². The number of nitrogens with zero attached hydrogens (tertiary/aromatic N) is 3. The van der Waals surface area contributed by atoms with Crippen LogP contribution in [0.5, 0.6) is 0 Å². The van der Waals surface area contributed by atoms with Crippen molar-refractivity contribution in [2.45, 2.75) is 37.5 Å². The molecule has 314 valence electrons. The number of para-hydroxylation sites is 2. The summed E-state index contributed by atoms with van der Waals surface area (Å²) >= 11 is 1.75. The predicted molar refractivity (Wildman–Crippen MR) is 275 cm³/mol. The van der Waals surface area contributed by atoms with E-state index in [1.807, 2.05) is 6.07 Å². The monoisotopic (exact) mass is 863 g/mol. The summed E-state index contributed by atoms with van der Waals surface area (Å²) in [4.78, 5) is 12.0. The zero-order valence-corrected chi connectivity index (χ0v) is 37.7. The highest BCUT2D eigenvalue weighted by Crippen LogP contribution is 2.54. The second-order valence-corrected chi connectivity index (χ2v) is 18.4. The molecule has 11 aromatic rings. The maximum atomic E-state index is 4.92. The van der Waals surface area contributed by atoms with Gasteiger partial charge in [-0.15, -0.1) is 11.3 Å². The van der Waals surface area contributed by atoms with Crippen LogP contribution in [0.1, 0.15) is 70.5 Å². The van der Waals surface area contributed by atoms with Crippen molar-refractivity contribution >= 4 is 56.3 Å². The maximum absolute atomic E-state index is 4.92. The highest BCUT2D eigenvalue weighted by atomic mass is 32.1. The van der Waals surface area contributed by atoms with Crippen LogP contribution in [0.3, 0.4) is 0 Å². The Morgan fingerprint density at radius 2 is 1.15 bits per heavy atom. The number of fused-ring (bicyclic) bond motifs is 7. The maximum Gasteiger partial charge on any atom is 0.108 e. The van der Waals surface area contributed by atoms with Gasteiger partial charge in [-0.3, -0.25) is 9.97 Å². The van der Waals surface area contributed by atoms with Gasteiger partial charge in [-0.25, -0.2) is 0 Å². The summed E-state index contributed by atoms with van der Waals surface area (Å²) in [5, 5.41) is 2.57. The number of hydrogen-bond donors (Lipinski definition) is 0. The van der Waals surface area contributed by atoms with Crippen molar-refractivity contribution in [3.8, 4) is 27.3 Å². The molecule has 8 aromatic carbocycles. The van der Waals surface area contributed by atoms with Gasteiger partial charge in [0.15, 0.2) is 0 Å². The fraction of sp³-hybridized carbons (Fsp3) is 0.0968. The molecular weight excluding hydrogens is 819 g/mol. The largest absolute Gasteiger partial charge is 0.309 e. The molecule has 0 amide bonds. The van der Waals surface area contributed by atoms with Gasteiger partial charge in [0, 0.05) is 34.3 Å². The van der Waals surface area contributed by atoms with Crippen molar-refractivity contribution < 1.29 is 0 Å². The first-order valence-corrected chi connectivity index (χ1v) is 23.7. The van der Waals surface area contributed by atoms with E-state index in [0.29, 0.717) is 0 Å². The van der Waals surface area contributed by atoms with Crippen molar-refractivity contribution in [2.75, 3.05) is 0 Å². The van der Waals surface area contributed by atoms with Crippen LogP contribution in [0.25, 0.3) is 72.2 Å². The minimum Gasteiger partial charge on any atom is -0.309 e. The Kier molecular flexibility index (Phi) is 9.63. The Morgan fingerprint density at radius 3 is 1.79 bits per heavy atom. The Balaban J connectivity index is 0.910. The van der Waals surface area contributed by atoms with Crippen LogP contribution in [0, 0.1) is 12.1 Å². The molecule has 0 bridgehead atoms. The van der Waals surface area contributed by atoms with Crippen LogP contribution in [-0.4, -0.2) is 14.5 Å². The molecule has 3 aromatic heterocycles. The first-order chi connectivity index (χ1) is 32.6. The van der Waals surface area contributed by atoms with E-state index in [1.165, 1.54) is 72.0 Å². The lowest BCUT2D eigenvalue weighted by Crippen LogP contribution is -2.30. The quantitative estimate of drug-likeness (QED) is 0.128. The van der Waals surface area contributed by atoms with Gasteiger partial charge in [0.05, 0.1) is 26.2 Å². The minimum atomic E-state index is -0.559. The summed E-state index contributed by atoms with van der Waals surface area (Å²) < 4.78 is 2.44. The van der Waals surface area contributed by atoms with Gasteiger partial charge in [-0.1, -0.05) is 178 Å². The lowest BCUT2D eigenvalue weighted by molar-refractivity contribution is 0.490. The van der Waals surface area contributed by atoms with Crippen molar-refractivity contribution in [3.05, 3.63) is 256 Å². The molecule has 3 nitrogen and oxygen atoms in total. The number of rotatable bonds is 10. The lowest BCUT2D eigenvalue weighted by Gasteiger charge is -2.36. The molecule has 3 heterocycles. The van der Waals surface area contributed by atoms with E-state index in [1.54, 1.807) is 23.7 Å². The average molecular weight is 864 g/mol. The van der Waals surface area contributed by atoms with Crippen LogP contribution in [0.15, 0.2) is 200 Å². The molecule has 0 atom stereocenters. The molecule has 66 heavy (non-hydrogen) atoms. The van der Waals surface area contributed by atoms with E-state index < -0.39 is 5.41 Å². The van der Waals surface area contributed by atoms with E-state index in [9.17, 15) is 0 Å². The van der Waals surface area contributed by atoms with E-state index in [2.05, 4.69) is 225 Å². The van der Waals surface area contributed by atoms with Crippen LogP contribution in [-0.2, 0) is 10.8 Å². The first kappa shape index (κ1) is 39.7. The minimum absolute atomic E-state index is 0.0977. The zero-order valence-electron chi connectivity index (χ0n) is 36.9. The lowest BCUT2D eigenvalue weighted by atomic mass is 9.65. The highest BCUT2D eigenvalue weighted by molar-refractivity contribution is 7.18. The molecule has 0 fully saturated rings. The second kappa shape index (κ2) is 16.0.